The van der Waals surface area contributed by atoms with Crippen molar-refractivity contribution in [2.24, 2.45) is 0 Å². The second-order valence-electron chi connectivity index (χ2n) is 6.12. The van der Waals surface area contributed by atoms with Crippen molar-refractivity contribution in [2.45, 2.75) is 13.8 Å². The highest BCUT2D eigenvalue weighted by atomic mass is 19.1. The molecule has 0 aliphatic carbocycles. The van der Waals surface area contributed by atoms with Crippen LogP contribution in [0.25, 0.3) is 28.0 Å². The highest BCUT2D eigenvalue weighted by Gasteiger charge is 2.20. The molecule has 0 aliphatic rings. The number of nitrogens with zero attached hydrogens (tertiary/aromatic N) is 6. The van der Waals surface area contributed by atoms with Gasteiger partial charge in [0, 0.05) is 17.0 Å². The van der Waals surface area contributed by atoms with Gasteiger partial charge < -0.3 is 5.73 Å². The molecule has 8 heteroatoms. The number of fused-ring (bicyclic) bond motifs is 1. The van der Waals surface area contributed by atoms with Gasteiger partial charge in [0.2, 0.25) is 5.95 Å². The first-order valence-electron chi connectivity index (χ1n) is 8.14. The number of nitriles is 1. The summed E-state index contributed by atoms with van der Waals surface area (Å²) in [6.07, 6.45) is 0. The molecule has 0 saturated heterocycles. The molecule has 132 valence electrons. The molecular weight excluding hydrogens is 345 g/mol. The molecule has 4 aromatic rings. The van der Waals surface area contributed by atoms with Crippen LogP contribution in [0.15, 0.2) is 36.4 Å². The fraction of sp³-hybridized carbons (Fsp3) is 0.105. The molecule has 2 N–H and O–H groups in total. The van der Waals surface area contributed by atoms with Crippen LogP contribution in [0.1, 0.15) is 17.2 Å². The van der Waals surface area contributed by atoms with Crippen molar-refractivity contribution in [2.75, 3.05) is 5.73 Å². The molecule has 7 nitrogen and oxygen atoms in total. The van der Waals surface area contributed by atoms with Crippen LogP contribution in [0.3, 0.4) is 0 Å². The third kappa shape index (κ3) is 2.85. The van der Waals surface area contributed by atoms with Crippen molar-refractivity contribution in [3.8, 4) is 28.5 Å². The first-order chi connectivity index (χ1) is 13.0. The van der Waals surface area contributed by atoms with Gasteiger partial charge in [-0.15, -0.1) is 5.10 Å². The van der Waals surface area contributed by atoms with Crippen molar-refractivity contribution >= 4 is 11.6 Å². The predicted molar refractivity (Wildman–Crippen MR) is 98.0 cm³/mol. The van der Waals surface area contributed by atoms with E-state index >= 15 is 0 Å². The van der Waals surface area contributed by atoms with E-state index in [-0.39, 0.29) is 17.6 Å². The van der Waals surface area contributed by atoms with Gasteiger partial charge in [-0.3, -0.25) is 4.98 Å². The number of nitrogen functional groups attached to an aromatic ring is 1. The monoisotopic (exact) mass is 359 g/mol. The molecule has 0 saturated carbocycles. The van der Waals surface area contributed by atoms with E-state index in [0.29, 0.717) is 22.5 Å². The number of aryl methyl sites for hydroxylation is 2. The minimum atomic E-state index is -0.348. The van der Waals surface area contributed by atoms with Crippen LogP contribution < -0.4 is 5.73 Å². The molecular formula is C19H14FN7. The normalized spacial score (nSPS) is 10.9. The summed E-state index contributed by atoms with van der Waals surface area (Å²) in [5.74, 6) is -0.271. The Labute approximate surface area is 154 Å². The lowest BCUT2D eigenvalue weighted by Gasteiger charge is -2.13. The van der Waals surface area contributed by atoms with E-state index in [4.69, 9.17) is 5.73 Å². The molecule has 0 bridgehead atoms. The van der Waals surface area contributed by atoms with Gasteiger partial charge in [-0.2, -0.15) is 14.8 Å². The Morgan fingerprint density at radius 1 is 1.00 bits per heavy atom. The zero-order valence-corrected chi connectivity index (χ0v) is 14.6. The Bertz CT molecular complexity index is 1200. The van der Waals surface area contributed by atoms with E-state index in [0.717, 1.165) is 17.0 Å². The number of rotatable bonds is 2. The van der Waals surface area contributed by atoms with Crippen molar-refractivity contribution in [3.63, 3.8) is 0 Å². The molecule has 0 unspecified atom stereocenters. The molecule has 27 heavy (non-hydrogen) atoms. The predicted octanol–water partition coefficient (Wildman–Crippen LogP) is 3.06. The number of halogens is 1. The topological polar surface area (TPSA) is 106 Å². The fourth-order valence-corrected chi connectivity index (χ4v) is 3.07. The van der Waals surface area contributed by atoms with Crippen LogP contribution in [-0.2, 0) is 0 Å². The Hall–Kier alpha value is -3.86. The lowest BCUT2D eigenvalue weighted by atomic mass is 9.99. The lowest BCUT2D eigenvalue weighted by Crippen LogP contribution is -2.06. The average molecular weight is 359 g/mol. The summed E-state index contributed by atoms with van der Waals surface area (Å²) in [4.78, 5) is 13.2. The van der Waals surface area contributed by atoms with Gasteiger partial charge in [0.25, 0.3) is 5.82 Å². The highest BCUT2D eigenvalue weighted by molar-refractivity contribution is 5.90. The number of pyridine rings is 1. The maximum atomic E-state index is 13.4. The number of hydrogen-bond donors (Lipinski definition) is 1. The van der Waals surface area contributed by atoms with Crippen molar-refractivity contribution in [1.82, 2.24) is 24.6 Å². The van der Waals surface area contributed by atoms with E-state index in [2.05, 4.69) is 20.1 Å². The summed E-state index contributed by atoms with van der Waals surface area (Å²) in [6.45, 7) is 3.78. The Balaban J connectivity index is 2.13. The summed E-state index contributed by atoms with van der Waals surface area (Å²) >= 11 is 0. The summed E-state index contributed by atoms with van der Waals surface area (Å²) < 4.78 is 14.7. The van der Waals surface area contributed by atoms with Crippen molar-refractivity contribution in [1.29, 1.82) is 5.26 Å². The van der Waals surface area contributed by atoms with Crippen molar-refractivity contribution < 1.29 is 4.39 Å². The first kappa shape index (κ1) is 16.6. The van der Waals surface area contributed by atoms with Crippen LogP contribution in [0.4, 0.5) is 10.3 Å². The van der Waals surface area contributed by atoms with Crippen LogP contribution in [0.2, 0.25) is 0 Å². The lowest BCUT2D eigenvalue weighted by molar-refractivity contribution is 0.628. The van der Waals surface area contributed by atoms with Gasteiger partial charge in [0.15, 0.2) is 5.65 Å². The molecule has 0 atom stereocenters. The Kier molecular flexibility index (Phi) is 3.78. The van der Waals surface area contributed by atoms with Gasteiger partial charge in [-0.25, -0.2) is 9.37 Å². The zero-order valence-electron chi connectivity index (χ0n) is 14.6. The molecule has 3 heterocycles. The van der Waals surface area contributed by atoms with E-state index in [1.165, 1.54) is 16.6 Å². The summed E-state index contributed by atoms with van der Waals surface area (Å²) in [7, 11) is 0. The number of aromatic nitrogens is 5. The summed E-state index contributed by atoms with van der Waals surface area (Å²) in [5.41, 5.74) is 10.8. The molecule has 0 fully saturated rings. The second kappa shape index (κ2) is 6.14. The Morgan fingerprint density at radius 2 is 1.67 bits per heavy atom. The summed E-state index contributed by atoms with van der Waals surface area (Å²) in [6, 6.07) is 11.7. The molecule has 0 spiro atoms. The Morgan fingerprint density at radius 3 is 2.30 bits per heavy atom. The zero-order chi connectivity index (χ0) is 19.1. The largest absolute Gasteiger partial charge is 0.368 e. The molecule has 0 radical (unpaired) electrons. The second-order valence-corrected chi connectivity index (χ2v) is 6.12. The number of nitrogens with two attached hydrogens (primary N) is 1. The van der Waals surface area contributed by atoms with Gasteiger partial charge in [-0.05, 0) is 55.8 Å². The van der Waals surface area contributed by atoms with E-state index in [1.54, 1.807) is 12.1 Å². The minimum absolute atomic E-state index is 0.0106. The standard InChI is InChI=1S/C19H14FN7/c1-10-7-13(8-11(2)23-10)16-17(12-3-5-14(20)6-4-12)25-19(22)27-18(16)24-15(9-21)26-27/h3-8H,1-2H3,(H2,22,25). The molecule has 0 aliphatic heterocycles. The average Bonchev–Trinajstić information content (AvgIpc) is 3.06. The van der Waals surface area contributed by atoms with Crippen molar-refractivity contribution in [3.05, 3.63) is 59.4 Å². The minimum Gasteiger partial charge on any atom is -0.368 e. The van der Waals surface area contributed by atoms with E-state index < -0.39 is 0 Å². The highest BCUT2D eigenvalue weighted by Crippen LogP contribution is 2.35. The first-order valence-corrected chi connectivity index (χ1v) is 8.14. The van der Waals surface area contributed by atoms with Crippen LogP contribution in [0, 0.1) is 31.0 Å². The van der Waals surface area contributed by atoms with Crippen LogP contribution in [-0.4, -0.2) is 24.6 Å². The van der Waals surface area contributed by atoms with E-state index in [1.807, 2.05) is 32.0 Å². The quantitative estimate of drug-likeness (QED) is 0.589. The number of anilines is 1. The smallest absolute Gasteiger partial charge is 0.253 e. The molecule has 1 aromatic carbocycles. The third-order valence-electron chi connectivity index (χ3n) is 4.10. The van der Waals surface area contributed by atoms with Gasteiger partial charge >= 0.3 is 0 Å². The molecule has 4 rings (SSSR count). The SMILES string of the molecule is Cc1cc(-c2c(-c3ccc(F)cc3)nc(N)n3nc(C#N)nc23)cc(C)n1. The van der Waals surface area contributed by atoms with Gasteiger partial charge in [-0.1, -0.05) is 0 Å². The molecule has 3 aromatic heterocycles. The van der Waals surface area contributed by atoms with Gasteiger partial charge in [0.05, 0.1) is 11.3 Å². The number of hydrogen-bond acceptors (Lipinski definition) is 6. The summed E-state index contributed by atoms with van der Waals surface area (Å²) in [5, 5.41) is 13.3. The number of benzene rings is 1. The van der Waals surface area contributed by atoms with Crippen LogP contribution >= 0.6 is 0 Å². The van der Waals surface area contributed by atoms with Gasteiger partial charge in [0.1, 0.15) is 11.9 Å². The van der Waals surface area contributed by atoms with Crippen LogP contribution in [0.5, 0.6) is 0 Å². The maximum Gasteiger partial charge on any atom is 0.253 e. The maximum absolute atomic E-state index is 13.4. The third-order valence-corrected chi connectivity index (χ3v) is 4.10. The van der Waals surface area contributed by atoms with E-state index in [9.17, 15) is 9.65 Å². The fourth-order valence-electron chi connectivity index (χ4n) is 3.07. The molecule has 0 amide bonds.